The minimum atomic E-state index is -0.913. The molecule has 0 saturated heterocycles. The maximum Gasteiger partial charge on any atom is 0.226 e. The van der Waals surface area contributed by atoms with Gasteiger partial charge in [-0.1, -0.05) is 19.8 Å². The van der Waals surface area contributed by atoms with Crippen molar-refractivity contribution in [3.05, 3.63) is 35.9 Å². The highest BCUT2D eigenvalue weighted by atomic mass is 19.1. The summed E-state index contributed by atoms with van der Waals surface area (Å²) in [5, 5.41) is 16.3. The van der Waals surface area contributed by atoms with Crippen LogP contribution in [0.15, 0.2) is 24.5 Å². The van der Waals surface area contributed by atoms with E-state index >= 15 is 0 Å². The molecule has 0 aliphatic heterocycles. The third kappa shape index (κ3) is 5.56. The third-order valence-electron chi connectivity index (χ3n) is 4.70. The van der Waals surface area contributed by atoms with Crippen molar-refractivity contribution in [1.82, 2.24) is 19.5 Å². The number of benzene rings is 1. The van der Waals surface area contributed by atoms with Crippen LogP contribution in [-0.4, -0.2) is 36.8 Å². The van der Waals surface area contributed by atoms with Crippen molar-refractivity contribution in [3.8, 4) is 0 Å². The number of nitrogen functional groups attached to an aromatic ring is 1. The minimum absolute atomic E-state index is 0.290. The number of hydrogen-bond donors (Lipinski definition) is 4. The highest BCUT2D eigenvalue weighted by molar-refractivity contribution is 5.84. The molecule has 3 aromatic rings. The van der Waals surface area contributed by atoms with Crippen molar-refractivity contribution < 1.29 is 9.50 Å². The number of nitrogens with one attached hydrogen (secondary N) is 2. The summed E-state index contributed by atoms with van der Waals surface area (Å²) >= 11 is 0. The van der Waals surface area contributed by atoms with Crippen LogP contribution in [-0.2, 0) is 13.1 Å². The molecule has 5 N–H and O–H groups in total. The zero-order chi connectivity index (χ0) is 21.7. The molecule has 0 amide bonds. The van der Waals surface area contributed by atoms with Gasteiger partial charge in [-0.3, -0.25) is 0 Å². The fourth-order valence-electron chi connectivity index (χ4n) is 3.04. The van der Waals surface area contributed by atoms with E-state index in [2.05, 4.69) is 32.5 Å². The van der Waals surface area contributed by atoms with Crippen LogP contribution in [0.5, 0.6) is 0 Å². The van der Waals surface area contributed by atoms with Gasteiger partial charge in [0.15, 0.2) is 17.0 Å². The number of hydrogen-bond acceptors (Lipinski definition) is 7. The summed E-state index contributed by atoms with van der Waals surface area (Å²) in [4.78, 5) is 13.6. The Bertz CT molecular complexity index is 997. The number of anilines is 3. The summed E-state index contributed by atoms with van der Waals surface area (Å²) in [6, 6.07) is 4.27. The number of nitrogens with two attached hydrogens (primary N) is 1. The Morgan fingerprint density at radius 2 is 2.00 bits per heavy atom. The van der Waals surface area contributed by atoms with Crippen LogP contribution >= 0.6 is 0 Å². The lowest BCUT2D eigenvalue weighted by Gasteiger charge is -2.18. The zero-order valence-electron chi connectivity index (χ0n) is 17.7. The lowest BCUT2D eigenvalue weighted by atomic mass is 10.1. The van der Waals surface area contributed by atoms with Gasteiger partial charge in [-0.05, 0) is 44.0 Å². The number of fused-ring (bicyclic) bond motifs is 1. The summed E-state index contributed by atoms with van der Waals surface area (Å²) in [5.41, 5.74) is 7.52. The predicted octanol–water partition coefficient (Wildman–Crippen LogP) is 3.53. The number of aryl methyl sites for hydroxylation is 1. The Labute approximate surface area is 175 Å². The first kappa shape index (κ1) is 21.8. The molecule has 9 heteroatoms. The molecule has 2 heterocycles. The highest BCUT2D eigenvalue weighted by Crippen LogP contribution is 2.23. The van der Waals surface area contributed by atoms with Gasteiger partial charge < -0.3 is 26.0 Å². The van der Waals surface area contributed by atoms with Crippen LogP contribution in [0.1, 0.15) is 45.6 Å². The van der Waals surface area contributed by atoms with Crippen molar-refractivity contribution >= 4 is 28.6 Å². The fourth-order valence-corrected chi connectivity index (χ4v) is 3.04. The number of aliphatic hydroxyl groups is 1. The lowest BCUT2D eigenvalue weighted by Crippen LogP contribution is -2.30. The molecule has 1 aromatic carbocycles. The average molecular weight is 416 g/mol. The number of halogens is 1. The molecule has 0 aliphatic carbocycles. The van der Waals surface area contributed by atoms with Crippen molar-refractivity contribution in [3.63, 3.8) is 0 Å². The largest absolute Gasteiger partial charge is 0.398 e. The Kier molecular flexibility index (Phi) is 6.71. The smallest absolute Gasteiger partial charge is 0.226 e. The molecule has 0 radical (unpaired) electrons. The summed E-state index contributed by atoms with van der Waals surface area (Å²) in [5.74, 6) is 0.564. The Morgan fingerprint density at radius 1 is 1.20 bits per heavy atom. The zero-order valence-corrected chi connectivity index (χ0v) is 17.7. The maximum atomic E-state index is 13.6. The van der Waals surface area contributed by atoms with Crippen LogP contribution in [0, 0.1) is 5.82 Å². The molecule has 0 atom stereocenters. The van der Waals surface area contributed by atoms with Gasteiger partial charge in [-0.25, -0.2) is 9.37 Å². The maximum absolute atomic E-state index is 13.6. The topological polar surface area (TPSA) is 114 Å². The molecule has 2 aromatic heterocycles. The molecule has 0 aliphatic rings. The molecule has 8 nitrogen and oxygen atoms in total. The summed E-state index contributed by atoms with van der Waals surface area (Å²) in [6.07, 6.45) is 5.04. The normalized spacial score (nSPS) is 11.8. The predicted molar refractivity (Wildman–Crippen MR) is 118 cm³/mol. The van der Waals surface area contributed by atoms with Gasteiger partial charge in [0.1, 0.15) is 5.82 Å². The number of rotatable bonds is 10. The minimum Gasteiger partial charge on any atom is -0.398 e. The van der Waals surface area contributed by atoms with Gasteiger partial charge in [0, 0.05) is 25.3 Å². The highest BCUT2D eigenvalue weighted by Gasteiger charge is 2.17. The van der Waals surface area contributed by atoms with E-state index in [1.165, 1.54) is 12.1 Å². The second kappa shape index (κ2) is 9.25. The molecule has 0 unspecified atom stereocenters. The van der Waals surface area contributed by atoms with E-state index in [-0.39, 0.29) is 5.82 Å². The average Bonchev–Trinajstić information content (AvgIpc) is 3.10. The quantitative estimate of drug-likeness (QED) is 0.296. The molecule has 0 saturated carbocycles. The van der Waals surface area contributed by atoms with Crippen LogP contribution in [0.3, 0.4) is 0 Å². The van der Waals surface area contributed by atoms with E-state index in [1.807, 2.05) is 4.57 Å². The van der Waals surface area contributed by atoms with Crippen LogP contribution in [0.25, 0.3) is 11.2 Å². The SMILES string of the molecule is CCCCCn1cnc2c(NCc3cc(F)ccc3N)nc(NCC(C)(C)O)nc21. The van der Waals surface area contributed by atoms with E-state index in [0.717, 1.165) is 25.8 Å². The van der Waals surface area contributed by atoms with Gasteiger partial charge in [0.05, 0.1) is 11.9 Å². The first-order chi connectivity index (χ1) is 14.3. The molecule has 3 rings (SSSR count). The van der Waals surface area contributed by atoms with E-state index in [1.54, 1.807) is 26.2 Å². The number of imidazole rings is 1. The van der Waals surface area contributed by atoms with E-state index < -0.39 is 5.60 Å². The van der Waals surface area contributed by atoms with Crippen molar-refractivity contribution in [1.29, 1.82) is 0 Å². The van der Waals surface area contributed by atoms with Gasteiger partial charge in [-0.2, -0.15) is 9.97 Å². The molecule has 0 bridgehead atoms. The van der Waals surface area contributed by atoms with E-state index in [4.69, 9.17) is 5.73 Å². The molecule has 162 valence electrons. The first-order valence-electron chi connectivity index (χ1n) is 10.2. The van der Waals surface area contributed by atoms with Gasteiger partial charge >= 0.3 is 0 Å². The second-order valence-corrected chi connectivity index (χ2v) is 8.08. The lowest BCUT2D eigenvalue weighted by molar-refractivity contribution is 0.0943. The number of nitrogens with zero attached hydrogens (tertiary/aromatic N) is 4. The van der Waals surface area contributed by atoms with Crippen LogP contribution in [0.4, 0.5) is 21.8 Å². The molecule has 0 fully saturated rings. The number of unbranched alkanes of at least 4 members (excludes halogenated alkanes) is 2. The van der Waals surface area contributed by atoms with Gasteiger partial charge in [0.25, 0.3) is 0 Å². The van der Waals surface area contributed by atoms with Gasteiger partial charge in [-0.15, -0.1) is 0 Å². The Balaban J connectivity index is 1.90. The fraction of sp³-hybridized carbons (Fsp3) is 0.476. The van der Waals surface area contributed by atoms with Crippen LogP contribution in [0.2, 0.25) is 0 Å². The van der Waals surface area contributed by atoms with Crippen LogP contribution < -0.4 is 16.4 Å². The van der Waals surface area contributed by atoms with Crippen molar-refractivity contribution in [2.45, 2.75) is 58.7 Å². The Morgan fingerprint density at radius 3 is 2.73 bits per heavy atom. The molecular weight excluding hydrogens is 385 g/mol. The standard InChI is InChI=1S/C21H30FN7O/c1-4-5-6-9-29-13-26-17-18(24-11-14-10-15(22)7-8-16(14)23)27-20(28-19(17)29)25-12-21(2,3)30/h7-8,10,13,30H,4-6,9,11-12,23H2,1-3H3,(H2,24,25,27,28). The van der Waals surface area contributed by atoms with Crippen molar-refractivity contribution in [2.75, 3.05) is 22.9 Å². The van der Waals surface area contributed by atoms with E-state index in [9.17, 15) is 9.50 Å². The van der Waals surface area contributed by atoms with E-state index in [0.29, 0.717) is 47.3 Å². The summed E-state index contributed by atoms with van der Waals surface area (Å²) < 4.78 is 15.6. The summed E-state index contributed by atoms with van der Waals surface area (Å²) in [7, 11) is 0. The summed E-state index contributed by atoms with van der Waals surface area (Å²) in [6.45, 7) is 6.97. The first-order valence-corrected chi connectivity index (χ1v) is 10.2. The molecule has 30 heavy (non-hydrogen) atoms. The molecular formula is C21H30FN7O. The number of aromatic nitrogens is 4. The Hall–Kier alpha value is -2.94. The monoisotopic (exact) mass is 415 g/mol. The molecule has 0 spiro atoms. The van der Waals surface area contributed by atoms with Gasteiger partial charge in [0.2, 0.25) is 5.95 Å². The third-order valence-corrected chi connectivity index (χ3v) is 4.70. The van der Waals surface area contributed by atoms with Crippen molar-refractivity contribution in [2.24, 2.45) is 0 Å². The second-order valence-electron chi connectivity index (χ2n) is 8.08.